The lowest BCUT2D eigenvalue weighted by Crippen LogP contribution is -2.55. The summed E-state index contributed by atoms with van der Waals surface area (Å²) in [5, 5.41) is 0. The van der Waals surface area contributed by atoms with E-state index >= 15 is 0 Å². The monoisotopic (exact) mass is 296 g/mol. The van der Waals surface area contributed by atoms with Gasteiger partial charge in [-0.15, -0.1) is 0 Å². The van der Waals surface area contributed by atoms with Crippen molar-refractivity contribution in [2.75, 3.05) is 20.8 Å². The maximum absolute atomic E-state index is 6.13. The van der Waals surface area contributed by atoms with Crippen molar-refractivity contribution >= 4 is 0 Å². The first-order valence-electron chi connectivity index (χ1n) is 7.97. The van der Waals surface area contributed by atoms with Crippen molar-refractivity contribution in [3.8, 4) is 0 Å². The molecule has 0 aromatic carbocycles. The predicted molar refractivity (Wildman–Crippen MR) is 80.3 cm³/mol. The van der Waals surface area contributed by atoms with Gasteiger partial charge in [0.2, 0.25) is 0 Å². The van der Waals surface area contributed by atoms with Crippen LogP contribution in [0.25, 0.3) is 0 Å². The van der Waals surface area contributed by atoms with Crippen molar-refractivity contribution in [3.05, 3.63) is 11.6 Å². The zero-order chi connectivity index (χ0) is 15.3. The summed E-state index contributed by atoms with van der Waals surface area (Å²) >= 11 is 0. The lowest BCUT2D eigenvalue weighted by molar-refractivity contribution is -0.128. The standard InChI is InChI=1S/C17H28O4/c1-11(2)6-7-13-16(3,21-13)15-14(19-5)12(18-4)8-9-17(15)10-20-17/h6,12-15H,7-10H2,1-5H3/t12?,13?,14?,15?,16-,17+/m1/s1. The molecule has 0 aromatic heterocycles. The van der Waals surface area contributed by atoms with Gasteiger partial charge in [-0.3, -0.25) is 0 Å². The van der Waals surface area contributed by atoms with Crippen LogP contribution in [0.5, 0.6) is 0 Å². The van der Waals surface area contributed by atoms with Crippen molar-refractivity contribution in [1.82, 2.24) is 0 Å². The Hall–Kier alpha value is -0.420. The molecule has 0 N–H and O–H groups in total. The largest absolute Gasteiger partial charge is 0.379 e. The Balaban J connectivity index is 1.79. The Bertz CT molecular complexity index is 425. The van der Waals surface area contributed by atoms with Crippen LogP contribution in [-0.2, 0) is 18.9 Å². The smallest absolute Gasteiger partial charge is 0.101 e. The predicted octanol–water partition coefficient (Wildman–Crippen LogP) is 2.71. The molecule has 4 heteroatoms. The Labute approximate surface area is 127 Å². The molecule has 0 amide bonds. The molecule has 4 unspecified atom stereocenters. The third kappa shape index (κ3) is 2.56. The molecule has 2 heterocycles. The Morgan fingerprint density at radius 1 is 1.29 bits per heavy atom. The molecule has 120 valence electrons. The summed E-state index contributed by atoms with van der Waals surface area (Å²) in [6, 6.07) is 0. The molecule has 1 aliphatic carbocycles. The highest BCUT2D eigenvalue weighted by atomic mass is 16.6. The molecule has 6 atom stereocenters. The average Bonchev–Trinajstić information content (AvgIpc) is 3.35. The van der Waals surface area contributed by atoms with Gasteiger partial charge in [0.15, 0.2) is 0 Å². The highest BCUT2D eigenvalue weighted by molar-refractivity contribution is 5.20. The molecule has 0 bridgehead atoms. The lowest BCUT2D eigenvalue weighted by atomic mass is 9.68. The Morgan fingerprint density at radius 2 is 2.00 bits per heavy atom. The summed E-state index contributed by atoms with van der Waals surface area (Å²) in [5.41, 5.74) is 1.15. The second-order valence-electron chi connectivity index (χ2n) is 7.15. The topological polar surface area (TPSA) is 43.5 Å². The third-order valence-corrected chi connectivity index (χ3v) is 5.54. The zero-order valence-corrected chi connectivity index (χ0v) is 13.8. The third-order valence-electron chi connectivity index (χ3n) is 5.54. The van der Waals surface area contributed by atoms with Crippen LogP contribution < -0.4 is 0 Å². The molecule has 1 saturated carbocycles. The second kappa shape index (κ2) is 5.34. The minimum Gasteiger partial charge on any atom is -0.379 e. The molecule has 21 heavy (non-hydrogen) atoms. The van der Waals surface area contributed by atoms with E-state index in [4.69, 9.17) is 18.9 Å². The number of ether oxygens (including phenoxy) is 4. The van der Waals surface area contributed by atoms with Gasteiger partial charge in [-0.1, -0.05) is 11.6 Å². The van der Waals surface area contributed by atoms with Crippen LogP contribution in [0.1, 0.15) is 40.0 Å². The number of hydrogen-bond donors (Lipinski definition) is 0. The molecule has 3 fully saturated rings. The van der Waals surface area contributed by atoms with Gasteiger partial charge in [0.25, 0.3) is 0 Å². The highest BCUT2D eigenvalue weighted by Gasteiger charge is 2.71. The Kier molecular flexibility index (Phi) is 3.93. The fraction of sp³-hybridized carbons (Fsp3) is 0.882. The van der Waals surface area contributed by atoms with Crippen molar-refractivity contribution in [1.29, 1.82) is 0 Å². The lowest BCUT2D eigenvalue weighted by Gasteiger charge is -2.42. The number of methoxy groups -OCH3 is 2. The minimum absolute atomic E-state index is 0.0375. The first-order chi connectivity index (χ1) is 9.97. The molecule has 0 radical (unpaired) electrons. The van der Waals surface area contributed by atoms with Crippen molar-refractivity contribution in [3.63, 3.8) is 0 Å². The zero-order valence-electron chi connectivity index (χ0n) is 13.8. The van der Waals surface area contributed by atoms with E-state index in [0.717, 1.165) is 25.9 Å². The van der Waals surface area contributed by atoms with Crippen LogP contribution >= 0.6 is 0 Å². The summed E-state index contributed by atoms with van der Waals surface area (Å²) < 4.78 is 23.5. The quantitative estimate of drug-likeness (QED) is 0.578. The Morgan fingerprint density at radius 3 is 2.52 bits per heavy atom. The molecule has 2 aliphatic heterocycles. The molecular weight excluding hydrogens is 268 g/mol. The summed E-state index contributed by atoms with van der Waals surface area (Å²) in [5.74, 6) is 0.254. The first kappa shape index (κ1) is 15.5. The van der Waals surface area contributed by atoms with Gasteiger partial charge in [-0.25, -0.2) is 0 Å². The van der Waals surface area contributed by atoms with Crippen LogP contribution in [0.2, 0.25) is 0 Å². The SMILES string of the molecule is COC1CC[C@]2(CO2)C([C@]2(C)OC2CC=C(C)C)C1OC. The van der Waals surface area contributed by atoms with Crippen molar-refractivity contribution in [2.24, 2.45) is 5.92 Å². The van der Waals surface area contributed by atoms with Gasteiger partial charge >= 0.3 is 0 Å². The summed E-state index contributed by atoms with van der Waals surface area (Å²) in [6.45, 7) is 7.31. The first-order valence-corrected chi connectivity index (χ1v) is 7.97. The van der Waals surface area contributed by atoms with Crippen LogP contribution in [-0.4, -0.2) is 50.3 Å². The van der Waals surface area contributed by atoms with Gasteiger partial charge < -0.3 is 18.9 Å². The molecule has 1 spiro atoms. The summed E-state index contributed by atoms with van der Waals surface area (Å²) in [4.78, 5) is 0. The van der Waals surface area contributed by atoms with Crippen molar-refractivity contribution in [2.45, 2.75) is 69.5 Å². The van der Waals surface area contributed by atoms with Crippen molar-refractivity contribution < 1.29 is 18.9 Å². The van der Waals surface area contributed by atoms with Gasteiger partial charge in [0.1, 0.15) is 5.60 Å². The van der Waals surface area contributed by atoms with E-state index in [1.165, 1.54) is 5.57 Å². The normalized spacial score (nSPS) is 48.2. The fourth-order valence-electron chi connectivity index (χ4n) is 4.20. The molecule has 2 saturated heterocycles. The summed E-state index contributed by atoms with van der Waals surface area (Å²) in [6.07, 6.45) is 5.73. The van der Waals surface area contributed by atoms with E-state index in [2.05, 4.69) is 26.8 Å². The maximum atomic E-state index is 6.13. The number of allylic oxidation sites excluding steroid dienone is 1. The number of epoxide rings is 2. The van der Waals surface area contributed by atoms with Gasteiger partial charge in [0, 0.05) is 14.2 Å². The fourth-order valence-corrected chi connectivity index (χ4v) is 4.20. The second-order valence-corrected chi connectivity index (χ2v) is 7.15. The number of rotatable bonds is 5. The molecule has 4 nitrogen and oxygen atoms in total. The van der Waals surface area contributed by atoms with Crippen LogP contribution in [0.3, 0.4) is 0 Å². The van der Waals surface area contributed by atoms with E-state index in [1.807, 2.05) is 0 Å². The van der Waals surface area contributed by atoms with E-state index in [9.17, 15) is 0 Å². The van der Waals surface area contributed by atoms with E-state index < -0.39 is 0 Å². The van der Waals surface area contributed by atoms with E-state index in [0.29, 0.717) is 0 Å². The van der Waals surface area contributed by atoms with Crippen LogP contribution in [0.15, 0.2) is 11.6 Å². The van der Waals surface area contributed by atoms with Gasteiger partial charge in [-0.2, -0.15) is 0 Å². The molecule has 0 aromatic rings. The maximum Gasteiger partial charge on any atom is 0.101 e. The minimum atomic E-state index is -0.152. The average molecular weight is 296 g/mol. The van der Waals surface area contributed by atoms with E-state index in [1.54, 1.807) is 14.2 Å². The molecular formula is C17H28O4. The summed E-state index contributed by atoms with van der Waals surface area (Å²) in [7, 11) is 3.55. The van der Waals surface area contributed by atoms with Crippen LogP contribution in [0.4, 0.5) is 0 Å². The molecule has 3 aliphatic rings. The van der Waals surface area contributed by atoms with Gasteiger partial charge in [-0.05, 0) is 40.0 Å². The molecule has 3 rings (SSSR count). The van der Waals surface area contributed by atoms with E-state index in [-0.39, 0.29) is 35.4 Å². The number of hydrogen-bond acceptors (Lipinski definition) is 4. The van der Waals surface area contributed by atoms with Gasteiger partial charge in [0.05, 0.1) is 36.4 Å². The van der Waals surface area contributed by atoms with Crippen LogP contribution in [0, 0.1) is 5.92 Å². The highest BCUT2D eigenvalue weighted by Crippen LogP contribution is 2.59.